The van der Waals surface area contributed by atoms with Crippen LogP contribution in [0.3, 0.4) is 0 Å². The highest BCUT2D eigenvalue weighted by Crippen LogP contribution is 2.42. The molecule has 2 aromatic carbocycles. The number of urea groups is 1. The second-order valence-electron chi connectivity index (χ2n) is 16.8. The first kappa shape index (κ1) is 53.4. The van der Waals surface area contributed by atoms with Gasteiger partial charge in [-0.15, -0.1) is 11.3 Å². The van der Waals surface area contributed by atoms with Gasteiger partial charge in [0, 0.05) is 60.7 Å². The summed E-state index contributed by atoms with van der Waals surface area (Å²) in [5, 5.41) is 12.3. The maximum atomic E-state index is 14.0. The van der Waals surface area contributed by atoms with Gasteiger partial charge in [0.2, 0.25) is 5.91 Å². The van der Waals surface area contributed by atoms with Crippen LogP contribution in [0.1, 0.15) is 82.5 Å². The van der Waals surface area contributed by atoms with Crippen molar-refractivity contribution in [2.75, 3.05) is 51.9 Å². The number of sulfone groups is 1. The van der Waals surface area contributed by atoms with Crippen LogP contribution in [-0.4, -0.2) is 131 Å². The summed E-state index contributed by atoms with van der Waals surface area (Å²) in [6.45, 7) is 8.63. The molecular formula is C46H59N7O14S3. The van der Waals surface area contributed by atoms with E-state index in [0.29, 0.717) is 41.6 Å². The van der Waals surface area contributed by atoms with Crippen LogP contribution in [-0.2, 0) is 71.1 Å². The van der Waals surface area contributed by atoms with Gasteiger partial charge in [-0.05, 0) is 88.0 Å². The SMILES string of the molecule is CCN[C@H]1C[C@H](C)S(=O)(=O)c2sc(S(=O)(=O)NC(=O)CCC(=O)OC(C)C(=O)OC(C)C(=O)OCCN(Cc3cccc(OC)c3)C(=O)Nc3ccc(-c4cn[nH]c4)cc3COCN3CCCC3)cc21. The zero-order chi connectivity index (χ0) is 50.6. The van der Waals surface area contributed by atoms with E-state index >= 15 is 0 Å². The standard InChI is InChI=1S/C46H59N7O14S3/c1-6-47-39-20-29(2)69(59,60)45-37(39)23-42(68-45)70(61,62)51-40(54)14-15-41(55)66-31(4)44(57)67-30(3)43(56)65-19-18-53(26-32-10-9-11-36(21-32)63-5)46(58)50-38-13-12-33(35-24-48-49-25-35)22-34(38)27-64-28-52-16-7-8-17-52/h9-13,21-25,29-31,39,47H,6-8,14-20,26-28H2,1-5H3,(H,48,49)(H,50,58)(H,51,54)/t29-,30?,31?,39-/m0/s1. The number of amides is 3. The number of rotatable bonds is 23. The van der Waals surface area contributed by atoms with E-state index in [1.54, 1.807) is 43.6 Å². The van der Waals surface area contributed by atoms with E-state index in [9.17, 15) is 40.8 Å². The molecule has 21 nitrogen and oxygen atoms in total. The summed E-state index contributed by atoms with van der Waals surface area (Å²) < 4.78 is 80.7. The summed E-state index contributed by atoms with van der Waals surface area (Å²) in [4.78, 5) is 68.8. The van der Waals surface area contributed by atoms with Gasteiger partial charge >= 0.3 is 23.9 Å². The lowest BCUT2D eigenvalue weighted by molar-refractivity contribution is -0.177. The van der Waals surface area contributed by atoms with Gasteiger partial charge < -0.3 is 39.2 Å². The predicted octanol–water partition coefficient (Wildman–Crippen LogP) is 4.66. The molecule has 1 fully saturated rings. The van der Waals surface area contributed by atoms with Crippen molar-refractivity contribution in [3.63, 3.8) is 0 Å². The minimum absolute atomic E-state index is 0.0836. The van der Waals surface area contributed by atoms with Gasteiger partial charge in [0.05, 0.1) is 44.9 Å². The molecule has 1 saturated heterocycles. The van der Waals surface area contributed by atoms with Crippen molar-refractivity contribution in [3.05, 3.63) is 77.6 Å². The summed E-state index contributed by atoms with van der Waals surface area (Å²) in [5.74, 6) is -3.60. The van der Waals surface area contributed by atoms with Crippen LogP contribution in [0.15, 0.2) is 69.3 Å². The van der Waals surface area contributed by atoms with Crippen molar-refractivity contribution in [2.24, 2.45) is 0 Å². The number of ether oxygens (including phenoxy) is 5. The molecule has 2 unspecified atom stereocenters. The number of fused-ring (bicyclic) bond motifs is 1. The van der Waals surface area contributed by atoms with Crippen LogP contribution in [0.4, 0.5) is 10.5 Å². The fourth-order valence-corrected chi connectivity index (χ4v) is 12.7. The Morgan fingerprint density at radius 1 is 0.986 bits per heavy atom. The first-order chi connectivity index (χ1) is 33.4. The Bertz CT molecular complexity index is 2710. The molecule has 3 amide bonds. The molecule has 4 atom stereocenters. The minimum Gasteiger partial charge on any atom is -0.497 e. The number of hydrogen-bond acceptors (Lipinski definition) is 18. The Morgan fingerprint density at radius 3 is 2.46 bits per heavy atom. The molecule has 6 rings (SSSR count). The van der Waals surface area contributed by atoms with Crippen LogP contribution in [0.2, 0.25) is 0 Å². The number of esters is 3. The number of nitrogens with zero attached hydrogens (tertiary/aromatic N) is 3. The normalized spacial score (nSPS) is 17.4. The van der Waals surface area contributed by atoms with Crippen LogP contribution >= 0.6 is 11.3 Å². The molecule has 24 heteroatoms. The number of nitrogens with one attached hydrogen (secondary N) is 4. The summed E-state index contributed by atoms with van der Waals surface area (Å²) in [6.07, 6.45) is 1.66. The quantitative estimate of drug-likeness (QED) is 0.0581. The average molecular weight is 1030 g/mol. The molecular weight excluding hydrogens is 971 g/mol. The number of hydrogen-bond donors (Lipinski definition) is 4. The number of likely N-dealkylation sites (tertiary alicyclic amines) is 1. The molecule has 0 bridgehead atoms. The largest absolute Gasteiger partial charge is 0.497 e. The molecule has 0 radical (unpaired) electrons. The predicted molar refractivity (Wildman–Crippen MR) is 256 cm³/mol. The number of H-pyrrole nitrogens is 1. The summed E-state index contributed by atoms with van der Waals surface area (Å²) in [7, 11) is -6.76. The summed E-state index contributed by atoms with van der Waals surface area (Å²) >= 11 is 0.545. The monoisotopic (exact) mass is 1030 g/mol. The number of anilines is 1. The molecule has 0 aliphatic carbocycles. The molecule has 2 aromatic heterocycles. The first-order valence-electron chi connectivity index (χ1n) is 22.7. The van der Waals surface area contributed by atoms with Gasteiger partial charge in [-0.25, -0.2) is 35.9 Å². The number of aromatic nitrogens is 2. The molecule has 70 heavy (non-hydrogen) atoms. The van der Waals surface area contributed by atoms with Crippen LogP contribution < -0.4 is 20.1 Å². The van der Waals surface area contributed by atoms with Gasteiger partial charge in [0.15, 0.2) is 22.0 Å². The fraction of sp³-hybridized carbons (Fsp3) is 0.478. The third-order valence-corrected chi connectivity index (χ3v) is 17.3. The van der Waals surface area contributed by atoms with Crippen LogP contribution in [0.5, 0.6) is 5.75 Å². The first-order valence-corrected chi connectivity index (χ1v) is 26.6. The van der Waals surface area contributed by atoms with E-state index in [1.165, 1.54) is 31.9 Å². The van der Waals surface area contributed by atoms with Crippen molar-refractivity contribution in [2.45, 2.75) is 105 Å². The zero-order valence-corrected chi connectivity index (χ0v) is 42.0. The lowest BCUT2D eigenvalue weighted by Gasteiger charge is -2.27. The van der Waals surface area contributed by atoms with Crippen LogP contribution in [0, 0.1) is 0 Å². The molecule has 4 aromatic rings. The highest BCUT2D eigenvalue weighted by Gasteiger charge is 2.40. The number of aromatic amines is 1. The molecule has 0 spiro atoms. The highest BCUT2D eigenvalue weighted by atomic mass is 32.3. The topological polar surface area (TPSA) is 271 Å². The molecule has 0 saturated carbocycles. The van der Waals surface area contributed by atoms with E-state index < -0.39 is 86.0 Å². The molecule has 380 valence electrons. The van der Waals surface area contributed by atoms with E-state index in [1.807, 2.05) is 29.8 Å². The maximum Gasteiger partial charge on any atom is 0.347 e. The van der Waals surface area contributed by atoms with Crippen molar-refractivity contribution in [3.8, 4) is 16.9 Å². The number of carbonyl (C=O) groups is 5. The third kappa shape index (κ3) is 14.1. The van der Waals surface area contributed by atoms with Crippen molar-refractivity contribution >= 4 is 66.7 Å². The minimum atomic E-state index is -4.50. The lowest BCUT2D eigenvalue weighted by atomic mass is 10.0. The average Bonchev–Trinajstić information content (AvgIpc) is 4.15. The molecule has 4 heterocycles. The number of carbonyl (C=O) groups excluding carboxylic acids is 5. The number of methoxy groups -OCH3 is 1. The van der Waals surface area contributed by atoms with Gasteiger partial charge in [-0.3, -0.25) is 19.6 Å². The number of thiophene rings is 1. The van der Waals surface area contributed by atoms with Gasteiger partial charge in [0.25, 0.3) is 10.0 Å². The van der Waals surface area contributed by atoms with E-state index in [0.717, 1.165) is 48.2 Å². The molecule has 2 aliphatic heterocycles. The molecule has 2 aliphatic rings. The van der Waals surface area contributed by atoms with Gasteiger partial charge in [0.1, 0.15) is 20.8 Å². The van der Waals surface area contributed by atoms with Crippen LogP contribution in [0.25, 0.3) is 11.1 Å². The zero-order valence-electron chi connectivity index (χ0n) is 39.6. The maximum absolute atomic E-state index is 14.0. The lowest BCUT2D eigenvalue weighted by Crippen LogP contribution is -2.38. The smallest absolute Gasteiger partial charge is 0.347 e. The van der Waals surface area contributed by atoms with Gasteiger partial charge in [-0.1, -0.05) is 25.1 Å². The second-order valence-corrected chi connectivity index (χ2v) is 22.3. The second kappa shape index (κ2) is 24.3. The third-order valence-electron chi connectivity index (χ3n) is 11.5. The van der Waals surface area contributed by atoms with E-state index in [4.69, 9.17) is 23.7 Å². The highest BCUT2D eigenvalue weighted by molar-refractivity contribution is 7.95. The fourth-order valence-electron chi connectivity index (χ4n) is 7.69. The Balaban J connectivity index is 0.996. The summed E-state index contributed by atoms with van der Waals surface area (Å²) in [6, 6.07) is 13.0. The van der Waals surface area contributed by atoms with E-state index in [2.05, 4.69) is 25.7 Å². The number of sulfonamides is 1. The van der Waals surface area contributed by atoms with Gasteiger partial charge in [-0.2, -0.15) is 5.10 Å². The van der Waals surface area contributed by atoms with Crippen molar-refractivity contribution < 1.29 is 64.5 Å². The Kier molecular flexibility index (Phi) is 18.5. The van der Waals surface area contributed by atoms with Crippen molar-refractivity contribution in [1.29, 1.82) is 0 Å². The van der Waals surface area contributed by atoms with Crippen molar-refractivity contribution in [1.82, 2.24) is 30.0 Å². The Morgan fingerprint density at radius 2 is 1.74 bits per heavy atom. The Hall–Kier alpha value is -5.92. The van der Waals surface area contributed by atoms with E-state index in [-0.39, 0.29) is 41.1 Å². The number of benzene rings is 2. The Labute approximate surface area is 410 Å². The molecule has 4 N–H and O–H groups in total. The summed E-state index contributed by atoms with van der Waals surface area (Å²) in [5.41, 5.74) is 4.01.